The molecule has 0 spiro atoms. The fourth-order valence-corrected chi connectivity index (χ4v) is 4.93. The summed E-state index contributed by atoms with van der Waals surface area (Å²) in [6.07, 6.45) is 2.33. The number of hydrogen-bond donors (Lipinski definition) is 1. The van der Waals surface area contributed by atoms with Crippen molar-refractivity contribution >= 4 is 22.1 Å². The summed E-state index contributed by atoms with van der Waals surface area (Å²) < 4.78 is 50.2. The maximum absolute atomic E-state index is 13.2. The minimum atomic E-state index is -3.62. The van der Waals surface area contributed by atoms with E-state index in [1.54, 1.807) is 45.0 Å². The number of benzene rings is 1. The second-order valence-electron chi connectivity index (χ2n) is 9.51. The summed E-state index contributed by atoms with van der Waals surface area (Å²) in [7, 11) is -2.42. The number of methoxy groups -OCH3 is 1. The average molecular weight is 509 g/mol. The molecular weight excluding hydrogens is 479 g/mol. The molecule has 1 N–H and O–H groups in total. The van der Waals surface area contributed by atoms with Crippen LogP contribution in [0.25, 0.3) is 11.4 Å². The highest BCUT2D eigenvalue weighted by molar-refractivity contribution is 7.88. The maximum atomic E-state index is 13.2. The van der Waals surface area contributed by atoms with E-state index in [9.17, 15) is 22.4 Å². The lowest BCUT2D eigenvalue weighted by Crippen LogP contribution is -2.56. The molecule has 3 rings (SSSR count). The van der Waals surface area contributed by atoms with Crippen molar-refractivity contribution in [2.45, 2.75) is 50.8 Å². The molecule has 190 valence electrons. The molecule has 10 nitrogen and oxygen atoms in total. The molecule has 1 aliphatic rings. The first kappa shape index (κ1) is 26.5. The predicted molar refractivity (Wildman–Crippen MR) is 125 cm³/mol. The molecule has 0 aliphatic carbocycles. The van der Waals surface area contributed by atoms with Gasteiger partial charge in [0.05, 0.1) is 25.8 Å². The van der Waals surface area contributed by atoms with Crippen molar-refractivity contribution in [3.05, 3.63) is 48.0 Å². The van der Waals surface area contributed by atoms with E-state index in [1.807, 2.05) is 0 Å². The topological polar surface area (TPSA) is 128 Å². The summed E-state index contributed by atoms with van der Waals surface area (Å²) >= 11 is 0. The molecular formula is C23H29FN4O6S. The number of nitrogens with one attached hydrogen (secondary N) is 1. The van der Waals surface area contributed by atoms with E-state index < -0.39 is 45.1 Å². The highest BCUT2D eigenvalue weighted by Gasteiger charge is 2.55. The van der Waals surface area contributed by atoms with Crippen molar-refractivity contribution in [3.8, 4) is 11.4 Å². The van der Waals surface area contributed by atoms with E-state index in [0.29, 0.717) is 11.1 Å². The van der Waals surface area contributed by atoms with E-state index in [2.05, 4.69) is 14.7 Å². The average Bonchev–Trinajstić information content (AvgIpc) is 3.10. The zero-order valence-electron chi connectivity index (χ0n) is 20.2. The van der Waals surface area contributed by atoms with Gasteiger partial charge >= 0.3 is 12.1 Å². The molecule has 35 heavy (non-hydrogen) atoms. The number of rotatable bonds is 6. The SMILES string of the molecule is COC(=O)[C@]1(Cc2cccc(-c3ncc(F)cn3)c2)C[C@@H](NS(C)(=O)=O)CN1C(=O)OC(C)(C)C. The van der Waals surface area contributed by atoms with Gasteiger partial charge in [-0.3, -0.25) is 4.90 Å². The minimum Gasteiger partial charge on any atom is -0.467 e. The quantitative estimate of drug-likeness (QED) is 0.589. The Bertz CT molecular complexity index is 1200. The molecule has 1 aliphatic heterocycles. The van der Waals surface area contributed by atoms with Crippen molar-refractivity contribution < 1.29 is 31.9 Å². The van der Waals surface area contributed by atoms with Crippen LogP contribution in [0.4, 0.5) is 9.18 Å². The highest BCUT2D eigenvalue weighted by Crippen LogP contribution is 2.36. The molecule has 1 aromatic carbocycles. The highest BCUT2D eigenvalue weighted by atomic mass is 32.2. The Kier molecular flexibility index (Phi) is 7.46. The minimum absolute atomic E-state index is 0.00981. The Morgan fingerprint density at radius 1 is 1.26 bits per heavy atom. The Morgan fingerprint density at radius 2 is 1.91 bits per heavy atom. The summed E-state index contributed by atoms with van der Waals surface area (Å²) in [6.45, 7) is 5.00. The van der Waals surface area contributed by atoms with Crippen LogP contribution in [0.3, 0.4) is 0 Å². The number of carbonyl (C=O) groups excluding carboxylic acids is 2. The van der Waals surface area contributed by atoms with Crippen LogP contribution in [0, 0.1) is 5.82 Å². The van der Waals surface area contributed by atoms with Crippen molar-refractivity contribution in [2.75, 3.05) is 19.9 Å². The molecule has 12 heteroatoms. The smallest absolute Gasteiger partial charge is 0.411 e. The van der Waals surface area contributed by atoms with Crippen molar-refractivity contribution in [3.63, 3.8) is 0 Å². The molecule has 2 heterocycles. The Hall–Kier alpha value is -3.12. The summed E-state index contributed by atoms with van der Waals surface area (Å²) in [5, 5.41) is 0. The first-order valence-corrected chi connectivity index (χ1v) is 12.7. The number of hydrogen-bond acceptors (Lipinski definition) is 8. The predicted octanol–water partition coefficient (Wildman–Crippen LogP) is 2.30. The fraction of sp³-hybridized carbons (Fsp3) is 0.478. The Balaban J connectivity index is 2.04. The molecule has 1 amide bonds. The van der Waals surface area contributed by atoms with Crippen LogP contribution in [0.15, 0.2) is 36.7 Å². The standard InChI is InChI=1S/C23H29FN4O6S/c1-22(2,3)34-21(30)28-14-18(27-35(5,31)32)11-23(28,20(29)33-4)10-15-7-6-8-16(9-15)19-25-12-17(24)13-26-19/h6-9,12-13,18,27H,10-11,14H2,1-5H3/t18-,23+/m1/s1. The van der Waals surface area contributed by atoms with E-state index in [-0.39, 0.29) is 25.2 Å². The second-order valence-corrected chi connectivity index (χ2v) is 11.3. The van der Waals surface area contributed by atoms with Crippen molar-refractivity contribution in [1.82, 2.24) is 19.6 Å². The van der Waals surface area contributed by atoms with Gasteiger partial charge in [0.25, 0.3) is 0 Å². The lowest BCUT2D eigenvalue weighted by molar-refractivity contribution is -0.153. The number of aromatic nitrogens is 2. The van der Waals surface area contributed by atoms with Gasteiger partial charge in [0, 0.05) is 24.6 Å². The van der Waals surface area contributed by atoms with Gasteiger partial charge < -0.3 is 9.47 Å². The number of sulfonamides is 1. The number of esters is 1. The molecule has 0 unspecified atom stereocenters. The molecule has 0 saturated carbocycles. The van der Waals surface area contributed by atoms with Gasteiger partial charge in [0.1, 0.15) is 11.1 Å². The van der Waals surface area contributed by atoms with E-state index in [4.69, 9.17) is 9.47 Å². The molecule has 1 fully saturated rings. The summed E-state index contributed by atoms with van der Waals surface area (Å²) in [4.78, 5) is 35.6. The van der Waals surface area contributed by atoms with Gasteiger partial charge in [-0.1, -0.05) is 18.2 Å². The van der Waals surface area contributed by atoms with Gasteiger partial charge in [0.2, 0.25) is 10.0 Å². The second kappa shape index (κ2) is 9.86. The fourth-order valence-electron chi connectivity index (χ4n) is 4.17. The zero-order valence-corrected chi connectivity index (χ0v) is 21.1. The largest absolute Gasteiger partial charge is 0.467 e. The van der Waals surface area contributed by atoms with Crippen molar-refractivity contribution in [2.24, 2.45) is 0 Å². The number of halogens is 1. The summed E-state index contributed by atoms with van der Waals surface area (Å²) in [5.74, 6) is -0.991. The summed E-state index contributed by atoms with van der Waals surface area (Å²) in [6, 6.07) is 6.20. The number of ether oxygens (including phenoxy) is 2. The van der Waals surface area contributed by atoms with Gasteiger partial charge in [-0.05, 0) is 38.8 Å². The zero-order chi connectivity index (χ0) is 26.0. The van der Waals surface area contributed by atoms with Gasteiger partial charge in [-0.2, -0.15) is 0 Å². The summed E-state index contributed by atoms with van der Waals surface area (Å²) in [5.41, 5.74) is -1.17. The number of amides is 1. The molecule has 0 bridgehead atoms. The number of likely N-dealkylation sites (tertiary alicyclic amines) is 1. The number of carbonyl (C=O) groups is 2. The van der Waals surface area contributed by atoms with E-state index in [0.717, 1.165) is 18.6 Å². The van der Waals surface area contributed by atoms with Crippen LogP contribution < -0.4 is 4.72 Å². The molecule has 2 atom stereocenters. The molecule has 1 aromatic heterocycles. The van der Waals surface area contributed by atoms with Crippen LogP contribution in [0.5, 0.6) is 0 Å². The lowest BCUT2D eigenvalue weighted by atomic mass is 9.86. The Morgan fingerprint density at radius 3 is 2.49 bits per heavy atom. The van der Waals surface area contributed by atoms with Crippen LogP contribution >= 0.6 is 0 Å². The van der Waals surface area contributed by atoms with Crippen LogP contribution in [-0.2, 0) is 30.7 Å². The van der Waals surface area contributed by atoms with E-state index in [1.165, 1.54) is 12.0 Å². The molecule has 0 radical (unpaired) electrons. The van der Waals surface area contributed by atoms with Gasteiger partial charge in [0.15, 0.2) is 11.6 Å². The van der Waals surface area contributed by atoms with E-state index >= 15 is 0 Å². The lowest BCUT2D eigenvalue weighted by Gasteiger charge is -2.36. The van der Waals surface area contributed by atoms with Gasteiger partial charge in [-0.15, -0.1) is 0 Å². The van der Waals surface area contributed by atoms with Gasteiger partial charge in [-0.25, -0.2) is 37.1 Å². The van der Waals surface area contributed by atoms with Crippen LogP contribution in [0.1, 0.15) is 32.8 Å². The van der Waals surface area contributed by atoms with Crippen LogP contribution in [0.2, 0.25) is 0 Å². The first-order chi connectivity index (χ1) is 16.2. The maximum Gasteiger partial charge on any atom is 0.411 e. The first-order valence-electron chi connectivity index (χ1n) is 10.9. The van der Waals surface area contributed by atoms with Crippen molar-refractivity contribution in [1.29, 1.82) is 0 Å². The third-order valence-electron chi connectivity index (χ3n) is 5.37. The molecule has 1 saturated heterocycles. The molecule has 2 aromatic rings. The monoisotopic (exact) mass is 508 g/mol. The number of nitrogens with zero attached hydrogens (tertiary/aromatic N) is 3. The normalized spacial score (nSPS) is 20.5. The third kappa shape index (κ3) is 6.51. The third-order valence-corrected chi connectivity index (χ3v) is 6.13. The Labute approximate surface area is 203 Å². The van der Waals surface area contributed by atoms with Crippen LogP contribution in [-0.4, -0.2) is 72.4 Å².